The maximum atomic E-state index is 11.0. The number of hydrogen-bond acceptors (Lipinski definition) is 4. The summed E-state index contributed by atoms with van der Waals surface area (Å²) in [5.74, 6) is 1.24. The van der Waals surface area contributed by atoms with Crippen LogP contribution in [-0.4, -0.2) is 24.1 Å². The topological polar surface area (TPSA) is 52.6 Å². The van der Waals surface area contributed by atoms with Gasteiger partial charge in [0.1, 0.15) is 12.2 Å². The summed E-state index contributed by atoms with van der Waals surface area (Å²) in [5.41, 5.74) is 1.10. The number of ether oxygens (including phenoxy) is 2. The summed E-state index contributed by atoms with van der Waals surface area (Å²) in [7, 11) is 0. The van der Waals surface area contributed by atoms with Gasteiger partial charge < -0.3 is 9.47 Å². The Morgan fingerprint density at radius 3 is 1.18 bits per heavy atom. The molecule has 0 aromatic rings. The molecule has 4 nitrogen and oxygen atoms in total. The van der Waals surface area contributed by atoms with E-state index in [0.717, 1.165) is 24.7 Å². The van der Waals surface area contributed by atoms with E-state index in [9.17, 15) is 9.59 Å². The maximum Gasteiger partial charge on any atom is 0.302 e. The summed E-state index contributed by atoms with van der Waals surface area (Å²) in [6.07, 6.45) is 7.50. The Hall–Kier alpha value is -1.06. The Morgan fingerprint density at radius 1 is 0.679 bits per heavy atom. The second kappa shape index (κ2) is 6.74. The SMILES string of the molecule is CC(=O)OC1CC2CCC1(C)C2(C)C.CC(=O)OC1CC2CCC1(C)C2(C)C. The van der Waals surface area contributed by atoms with Crippen molar-refractivity contribution in [2.75, 3.05) is 0 Å². The van der Waals surface area contributed by atoms with Crippen molar-refractivity contribution in [2.24, 2.45) is 33.5 Å². The first-order valence-corrected chi connectivity index (χ1v) is 11.1. The second-order valence-electron chi connectivity index (χ2n) is 11.4. The van der Waals surface area contributed by atoms with E-state index in [1.807, 2.05) is 0 Å². The summed E-state index contributed by atoms with van der Waals surface area (Å²) in [6.45, 7) is 16.9. The van der Waals surface area contributed by atoms with Crippen molar-refractivity contribution in [2.45, 2.75) is 106 Å². The second-order valence-corrected chi connectivity index (χ2v) is 11.4. The lowest BCUT2D eigenvalue weighted by atomic mass is 9.70. The van der Waals surface area contributed by atoms with Crippen LogP contribution >= 0.6 is 0 Å². The zero-order chi connectivity index (χ0) is 21.1. The molecule has 4 fully saturated rings. The van der Waals surface area contributed by atoms with Gasteiger partial charge in [0.2, 0.25) is 0 Å². The number of carbonyl (C=O) groups is 2. The highest BCUT2D eigenvalue weighted by Gasteiger charge is 2.63. The van der Waals surface area contributed by atoms with Gasteiger partial charge in [0, 0.05) is 24.7 Å². The zero-order valence-electron chi connectivity index (χ0n) is 19.2. The largest absolute Gasteiger partial charge is 0.462 e. The van der Waals surface area contributed by atoms with E-state index in [1.54, 1.807) is 0 Å². The summed E-state index contributed by atoms with van der Waals surface area (Å²) in [6, 6.07) is 0. The highest BCUT2D eigenvalue weighted by Crippen LogP contribution is 2.67. The molecule has 0 saturated heterocycles. The molecule has 4 aliphatic carbocycles. The lowest BCUT2D eigenvalue weighted by molar-refractivity contribution is -0.155. The highest BCUT2D eigenvalue weighted by atomic mass is 16.5. The fraction of sp³-hybridized carbons (Fsp3) is 0.917. The van der Waals surface area contributed by atoms with Crippen molar-refractivity contribution in [3.8, 4) is 0 Å². The van der Waals surface area contributed by atoms with Crippen LogP contribution in [0.4, 0.5) is 0 Å². The molecule has 6 atom stereocenters. The van der Waals surface area contributed by atoms with Gasteiger partial charge in [-0.05, 0) is 61.2 Å². The van der Waals surface area contributed by atoms with Gasteiger partial charge in [-0.25, -0.2) is 0 Å². The number of carbonyl (C=O) groups excluding carboxylic acids is 2. The van der Waals surface area contributed by atoms with E-state index in [1.165, 1.54) is 39.5 Å². The van der Waals surface area contributed by atoms with Gasteiger partial charge in [-0.1, -0.05) is 41.5 Å². The van der Waals surface area contributed by atoms with Crippen LogP contribution in [0.15, 0.2) is 0 Å². The van der Waals surface area contributed by atoms with Crippen molar-refractivity contribution >= 4 is 11.9 Å². The summed E-state index contributed by atoms with van der Waals surface area (Å²) in [4.78, 5) is 22.0. The molecule has 4 rings (SSSR count). The van der Waals surface area contributed by atoms with Gasteiger partial charge in [-0.15, -0.1) is 0 Å². The molecular formula is C24H40O4. The first-order chi connectivity index (χ1) is 12.8. The van der Waals surface area contributed by atoms with Crippen LogP contribution in [0, 0.1) is 33.5 Å². The van der Waals surface area contributed by atoms with Gasteiger partial charge in [-0.3, -0.25) is 9.59 Å². The molecule has 4 aliphatic rings. The smallest absolute Gasteiger partial charge is 0.302 e. The molecule has 4 bridgehead atoms. The Kier molecular flexibility index (Phi) is 5.21. The standard InChI is InChI=1S/2C12H20O2/c2*1-8(13)14-10-7-9-5-6-12(10,4)11(9,2)3/h2*9-10H,5-7H2,1-4H3. The minimum absolute atomic E-state index is 0.125. The van der Waals surface area contributed by atoms with Crippen LogP contribution in [0.5, 0.6) is 0 Å². The van der Waals surface area contributed by atoms with Gasteiger partial charge in [0.15, 0.2) is 0 Å². The third-order valence-corrected chi connectivity index (χ3v) is 10.0. The number of rotatable bonds is 2. The van der Waals surface area contributed by atoms with E-state index in [2.05, 4.69) is 41.5 Å². The minimum atomic E-state index is -0.125. The van der Waals surface area contributed by atoms with Gasteiger partial charge in [-0.2, -0.15) is 0 Å². The normalized spacial score (nSPS) is 44.0. The molecule has 0 aromatic carbocycles. The third kappa shape index (κ3) is 3.01. The minimum Gasteiger partial charge on any atom is -0.462 e. The lowest BCUT2D eigenvalue weighted by Crippen LogP contribution is -2.37. The fourth-order valence-electron chi connectivity index (χ4n) is 7.02. The average Bonchev–Trinajstić information content (AvgIpc) is 3.06. The van der Waals surface area contributed by atoms with E-state index in [4.69, 9.17) is 9.47 Å². The molecule has 0 N–H and O–H groups in total. The van der Waals surface area contributed by atoms with Gasteiger partial charge in [0.25, 0.3) is 0 Å². The molecule has 0 aliphatic heterocycles. The molecule has 4 heteroatoms. The molecule has 0 heterocycles. The summed E-state index contributed by atoms with van der Waals surface area (Å²) in [5, 5.41) is 0. The Balaban J connectivity index is 0.000000161. The predicted molar refractivity (Wildman–Crippen MR) is 110 cm³/mol. The molecular weight excluding hydrogens is 352 g/mol. The van der Waals surface area contributed by atoms with E-state index < -0.39 is 0 Å². The van der Waals surface area contributed by atoms with Crippen LogP contribution in [0.25, 0.3) is 0 Å². The number of fused-ring (bicyclic) bond motifs is 4. The van der Waals surface area contributed by atoms with Crippen molar-refractivity contribution in [1.82, 2.24) is 0 Å². The maximum absolute atomic E-state index is 11.0. The molecule has 28 heavy (non-hydrogen) atoms. The third-order valence-electron chi connectivity index (χ3n) is 10.0. The van der Waals surface area contributed by atoms with Crippen molar-refractivity contribution in [3.63, 3.8) is 0 Å². The van der Waals surface area contributed by atoms with Crippen molar-refractivity contribution < 1.29 is 19.1 Å². The van der Waals surface area contributed by atoms with E-state index >= 15 is 0 Å². The van der Waals surface area contributed by atoms with Crippen LogP contribution in [0.1, 0.15) is 93.9 Å². The Labute approximate surface area is 171 Å². The van der Waals surface area contributed by atoms with Crippen LogP contribution in [-0.2, 0) is 19.1 Å². The molecule has 4 saturated carbocycles. The highest BCUT2D eigenvalue weighted by molar-refractivity contribution is 5.66. The summed E-state index contributed by atoms with van der Waals surface area (Å²) < 4.78 is 10.9. The first-order valence-electron chi connectivity index (χ1n) is 11.1. The number of esters is 2. The van der Waals surface area contributed by atoms with E-state index in [-0.39, 0.29) is 35.0 Å². The Morgan fingerprint density at radius 2 is 1.00 bits per heavy atom. The monoisotopic (exact) mass is 392 g/mol. The fourth-order valence-corrected chi connectivity index (χ4v) is 7.02. The molecule has 160 valence electrons. The number of hydrogen-bond donors (Lipinski definition) is 0. The van der Waals surface area contributed by atoms with Gasteiger partial charge in [0.05, 0.1) is 0 Å². The molecule has 0 amide bonds. The first kappa shape index (κ1) is 21.6. The van der Waals surface area contributed by atoms with Gasteiger partial charge >= 0.3 is 11.9 Å². The van der Waals surface area contributed by atoms with E-state index in [0.29, 0.717) is 10.8 Å². The quantitative estimate of drug-likeness (QED) is 0.580. The predicted octanol–water partition coefficient (Wildman–Crippen LogP) is 5.53. The molecule has 0 aromatic heterocycles. The van der Waals surface area contributed by atoms with Crippen LogP contribution < -0.4 is 0 Å². The zero-order valence-corrected chi connectivity index (χ0v) is 19.2. The van der Waals surface area contributed by atoms with Crippen molar-refractivity contribution in [1.29, 1.82) is 0 Å². The average molecular weight is 393 g/mol. The van der Waals surface area contributed by atoms with Crippen molar-refractivity contribution in [3.05, 3.63) is 0 Å². The summed E-state index contributed by atoms with van der Waals surface area (Å²) >= 11 is 0. The lowest BCUT2D eigenvalue weighted by Gasteiger charge is -2.38. The Bertz CT molecular complexity index is 595. The molecule has 0 spiro atoms. The van der Waals surface area contributed by atoms with Crippen LogP contribution in [0.2, 0.25) is 0 Å². The molecule has 0 radical (unpaired) electrons. The van der Waals surface area contributed by atoms with Crippen LogP contribution in [0.3, 0.4) is 0 Å². The molecule has 6 unspecified atom stereocenters.